The molecule has 0 radical (unpaired) electrons. The molecule has 1 aromatic heterocycles. The number of sulfonamides is 1. The van der Waals surface area contributed by atoms with Crippen LogP contribution in [-0.4, -0.2) is 48.2 Å². The van der Waals surface area contributed by atoms with E-state index in [9.17, 15) is 13.5 Å². The van der Waals surface area contributed by atoms with Crippen molar-refractivity contribution < 1.29 is 18.3 Å². The summed E-state index contributed by atoms with van der Waals surface area (Å²) < 4.78 is 34.4. The van der Waals surface area contributed by atoms with Gasteiger partial charge in [-0.1, -0.05) is 6.92 Å². The summed E-state index contributed by atoms with van der Waals surface area (Å²) in [5.74, 6) is 0. The second-order valence-corrected chi connectivity index (χ2v) is 7.67. The third kappa shape index (κ3) is 2.88. The van der Waals surface area contributed by atoms with E-state index in [0.717, 1.165) is 19.3 Å². The number of aliphatic hydroxyl groups excluding tert-OH is 1. The van der Waals surface area contributed by atoms with E-state index < -0.39 is 10.0 Å². The number of hydrogen-bond donors (Lipinski definition) is 1. The van der Waals surface area contributed by atoms with Gasteiger partial charge in [-0.2, -0.15) is 4.31 Å². The molecule has 1 saturated carbocycles. The molecular weight excluding hydrogens is 292 g/mol. The number of ether oxygens (including phenoxy) is 1. The minimum atomic E-state index is -3.50. The summed E-state index contributed by atoms with van der Waals surface area (Å²) in [6.07, 6.45) is 4.55. The molecule has 6 nitrogen and oxygen atoms in total. The smallest absolute Gasteiger partial charge is 0.244 e. The van der Waals surface area contributed by atoms with Gasteiger partial charge >= 0.3 is 0 Å². The van der Waals surface area contributed by atoms with Crippen LogP contribution in [0.15, 0.2) is 17.2 Å². The zero-order chi connectivity index (χ0) is 15.0. The summed E-state index contributed by atoms with van der Waals surface area (Å²) >= 11 is 0. The molecule has 2 fully saturated rings. The highest BCUT2D eigenvalue weighted by Crippen LogP contribution is 2.37. The van der Waals surface area contributed by atoms with Crippen LogP contribution in [0.1, 0.15) is 37.9 Å². The molecule has 2 heterocycles. The third-order valence-electron chi connectivity index (χ3n) is 4.20. The second kappa shape index (κ2) is 5.72. The van der Waals surface area contributed by atoms with Gasteiger partial charge in [-0.3, -0.25) is 0 Å². The van der Waals surface area contributed by atoms with Crippen LogP contribution < -0.4 is 0 Å². The maximum atomic E-state index is 12.7. The van der Waals surface area contributed by atoms with E-state index in [1.165, 1.54) is 4.31 Å². The largest absolute Gasteiger partial charge is 0.390 e. The first-order valence-electron chi connectivity index (χ1n) is 7.49. The lowest BCUT2D eigenvalue weighted by molar-refractivity contribution is -0.00277. The van der Waals surface area contributed by atoms with Crippen LogP contribution in [0.2, 0.25) is 0 Å². The van der Waals surface area contributed by atoms with Gasteiger partial charge in [0.25, 0.3) is 0 Å². The number of nitrogens with zero attached hydrogens (tertiary/aromatic N) is 2. The van der Waals surface area contributed by atoms with Crippen molar-refractivity contribution in [3.63, 3.8) is 0 Å². The van der Waals surface area contributed by atoms with Crippen molar-refractivity contribution in [3.05, 3.63) is 18.0 Å². The zero-order valence-corrected chi connectivity index (χ0v) is 13.1. The molecule has 7 heteroatoms. The number of morpholine rings is 1. The summed E-state index contributed by atoms with van der Waals surface area (Å²) in [6.45, 7) is 3.10. The van der Waals surface area contributed by atoms with Gasteiger partial charge in [0.15, 0.2) is 0 Å². The molecule has 1 aromatic rings. The Morgan fingerprint density at radius 3 is 2.81 bits per heavy atom. The lowest BCUT2D eigenvalue weighted by atomic mass is 10.2. The molecule has 1 unspecified atom stereocenters. The maximum absolute atomic E-state index is 12.7. The Labute approximate surface area is 125 Å². The fourth-order valence-electron chi connectivity index (χ4n) is 2.76. The normalized spacial score (nSPS) is 24.4. The van der Waals surface area contributed by atoms with Crippen molar-refractivity contribution in [2.75, 3.05) is 19.7 Å². The van der Waals surface area contributed by atoms with Crippen LogP contribution >= 0.6 is 0 Å². The average molecular weight is 314 g/mol. The van der Waals surface area contributed by atoms with Gasteiger partial charge in [0.2, 0.25) is 10.0 Å². The van der Waals surface area contributed by atoms with Crippen molar-refractivity contribution in [1.82, 2.24) is 8.87 Å². The van der Waals surface area contributed by atoms with E-state index in [2.05, 4.69) is 0 Å². The average Bonchev–Trinajstić information content (AvgIpc) is 3.25. The Bertz CT molecular complexity index is 606. The Morgan fingerprint density at radius 2 is 2.19 bits per heavy atom. The minimum Gasteiger partial charge on any atom is -0.390 e. The summed E-state index contributed by atoms with van der Waals surface area (Å²) in [4.78, 5) is 0.287. The van der Waals surface area contributed by atoms with Gasteiger partial charge in [0.05, 0.1) is 19.3 Å². The molecule has 3 rings (SSSR count). The predicted octanol–water partition coefficient (Wildman–Crippen LogP) is 1.11. The van der Waals surface area contributed by atoms with E-state index in [1.807, 2.05) is 11.5 Å². The lowest BCUT2D eigenvalue weighted by Crippen LogP contribution is -2.45. The van der Waals surface area contributed by atoms with Crippen LogP contribution in [-0.2, 0) is 21.4 Å². The predicted molar refractivity (Wildman–Crippen MR) is 77.4 cm³/mol. The number of aliphatic hydroxyl groups is 1. The zero-order valence-electron chi connectivity index (χ0n) is 12.2. The van der Waals surface area contributed by atoms with E-state index >= 15 is 0 Å². The monoisotopic (exact) mass is 314 g/mol. The fourth-order valence-corrected chi connectivity index (χ4v) is 4.27. The first kappa shape index (κ1) is 15.0. The van der Waals surface area contributed by atoms with Gasteiger partial charge in [-0.25, -0.2) is 8.42 Å². The molecule has 0 amide bonds. The van der Waals surface area contributed by atoms with E-state index in [4.69, 9.17) is 4.74 Å². The summed E-state index contributed by atoms with van der Waals surface area (Å²) in [5.41, 5.74) is 0.677. The minimum absolute atomic E-state index is 0.0312. The van der Waals surface area contributed by atoms with Gasteiger partial charge in [-0.15, -0.1) is 0 Å². The number of aromatic nitrogens is 1. The molecule has 0 aromatic carbocycles. The molecule has 0 spiro atoms. The molecule has 21 heavy (non-hydrogen) atoms. The maximum Gasteiger partial charge on any atom is 0.244 e. The second-order valence-electron chi connectivity index (χ2n) is 5.73. The van der Waals surface area contributed by atoms with Crippen LogP contribution in [0.4, 0.5) is 0 Å². The number of hydrogen-bond acceptors (Lipinski definition) is 4. The Kier molecular flexibility index (Phi) is 4.09. The standard InChI is InChI=1S/C14H22N2O4S/c1-2-13-8-15(5-6-20-13)21(18,19)14-7-12(10-17)16(9-14)11-3-4-11/h7,9,11,13,17H,2-6,8,10H2,1H3. The van der Waals surface area contributed by atoms with Crippen LogP contribution in [0.3, 0.4) is 0 Å². The van der Waals surface area contributed by atoms with Gasteiger partial charge in [0, 0.05) is 31.0 Å². The molecule has 118 valence electrons. The first-order chi connectivity index (χ1) is 10.1. The topological polar surface area (TPSA) is 71.8 Å². The van der Waals surface area contributed by atoms with Gasteiger partial charge in [-0.05, 0) is 25.3 Å². The Hall–Kier alpha value is -0.890. The van der Waals surface area contributed by atoms with Crippen LogP contribution in [0.25, 0.3) is 0 Å². The first-order valence-corrected chi connectivity index (χ1v) is 8.93. The van der Waals surface area contributed by atoms with Crippen LogP contribution in [0, 0.1) is 0 Å². The fraction of sp³-hybridized carbons (Fsp3) is 0.714. The molecule has 1 atom stereocenters. The van der Waals surface area contributed by atoms with Crippen molar-refractivity contribution in [3.8, 4) is 0 Å². The molecule has 0 bridgehead atoms. The molecular formula is C14H22N2O4S. The highest BCUT2D eigenvalue weighted by Gasteiger charge is 2.33. The van der Waals surface area contributed by atoms with E-state index in [0.29, 0.717) is 31.4 Å². The molecule has 1 aliphatic heterocycles. The van der Waals surface area contributed by atoms with Crippen LogP contribution in [0.5, 0.6) is 0 Å². The quantitative estimate of drug-likeness (QED) is 0.884. The van der Waals surface area contributed by atoms with Crippen molar-refractivity contribution in [2.45, 2.75) is 49.8 Å². The molecule has 1 aliphatic carbocycles. The molecule has 1 N–H and O–H groups in total. The summed E-state index contributed by atoms with van der Waals surface area (Å²) in [6, 6.07) is 1.95. The van der Waals surface area contributed by atoms with Crippen molar-refractivity contribution >= 4 is 10.0 Å². The summed E-state index contributed by atoms with van der Waals surface area (Å²) in [5, 5.41) is 9.42. The third-order valence-corrected chi connectivity index (χ3v) is 6.03. The SMILES string of the molecule is CCC1CN(S(=O)(=O)c2cc(CO)n(C3CC3)c2)CCO1. The highest BCUT2D eigenvalue weighted by molar-refractivity contribution is 7.89. The van der Waals surface area contributed by atoms with Gasteiger partial charge in [0.1, 0.15) is 4.90 Å². The highest BCUT2D eigenvalue weighted by atomic mass is 32.2. The van der Waals surface area contributed by atoms with Crippen molar-refractivity contribution in [2.24, 2.45) is 0 Å². The number of rotatable bonds is 5. The van der Waals surface area contributed by atoms with E-state index in [-0.39, 0.29) is 17.6 Å². The Morgan fingerprint density at radius 1 is 1.43 bits per heavy atom. The lowest BCUT2D eigenvalue weighted by Gasteiger charge is -2.31. The van der Waals surface area contributed by atoms with E-state index in [1.54, 1.807) is 12.3 Å². The Balaban J connectivity index is 1.87. The van der Waals surface area contributed by atoms with Gasteiger partial charge < -0.3 is 14.4 Å². The molecule has 2 aliphatic rings. The molecule has 1 saturated heterocycles. The summed E-state index contributed by atoms with van der Waals surface area (Å²) in [7, 11) is -3.50. The van der Waals surface area contributed by atoms with Crippen molar-refractivity contribution in [1.29, 1.82) is 0 Å².